The molecule has 0 aliphatic heterocycles. The van der Waals surface area contributed by atoms with Crippen molar-refractivity contribution < 1.29 is 14.6 Å². The summed E-state index contributed by atoms with van der Waals surface area (Å²) in [7, 11) is 0. The number of ether oxygens (including phenoxy) is 2. The summed E-state index contributed by atoms with van der Waals surface area (Å²) in [6.45, 7) is 5.19. The molecule has 0 bridgehead atoms. The fraction of sp³-hybridized carbons (Fsp3) is 0.571. The lowest BCUT2D eigenvalue weighted by Gasteiger charge is -2.19. The highest BCUT2D eigenvalue weighted by Crippen LogP contribution is 2.02. The van der Waals surface area contributed by atoms with Crippen LogP contribution in [0.3, 0.4) is 0 Å². The number of rotatable bonds is 8. The number of aliphatic hydroxyl groups is 1. The summed E-state index contributed by atoms with van der Waals surface area (Å²) in [6.07, 6.45) is -0.615. The number of hydrogen-bond donors (Lipinski definition) is 2. The topological polar surface area (TPSA) is 64.7 Å². The zero-order chi connectivity index (χ0) is 13.4. The molecule has 1 unspecified atom stereocenters. The van der Waals surface area contributed by atoms with Gasteiger partial charge in [0.05, 0.1) is 26.4 Å². The Balaban J connectivity index is 2.09. The first kappa shape index (κ1) is 15.1. The summed E-state index contributed by atoms with van der Waals surface area (Å²) in [5.74, 6) is 0. The Bertz CT molecular complexity index is 322. The summed E-state index contributed by atoms with van der Waals surface area (Å²) in [5.41, 5.74) is 6.48. The van der Waals surface area contributed by atoms with Crippen LogP contribution in [-0.4, -0.2) is 36.6 Å². The highest BCUT2D eigenvalue weighted by molar-refractivity contribution is 5.13. The summed E-state index contributed by atoms with van der Waals surface area (Å²) in [5, 5.41) is 9.63. The van der Waals surface area contributed by atoms with Crippen molar-refractivity contribution in [2.45, 2.75) is 32.1 Å². The molecule has 0 amide bonds. The van der Waals surface area contributed by atoms with Crippen LogP contribution in [0.15, 0.2) is 30.3 Å². The lowest BCUT2D eigenvalue weighted by Crippen LogP contribution is -2.38. The zero-order valence-electron chi connectivity index (χ0n) is 11.1. The minimum atomic E-state index is -0.615. The summed E-state index contributed by atoms with van der Waals surface area (Å²) in [6, 6.07) is 9.85. The number of aliphatic hydroxyl groups excluding tert-OH is 1. The molecule has 1 atom stereocenters. The van der Waals surface area contributed by atoms with E-state index >= 15 is 0 Å². The van der Waals surface area contributed by atoms with Crippen LogP contribution >= 0.6 is 0 Å². The second kappa shape index (κ2) is 7.48. The maximum absolute atomic E-state index is 9.63. The SMILES string of the molecule is CC(C)(N)COCC(O)COCc1ccccc1. The molecule has 4 heteroatoms. The molecular weight excluding hydrogens is 230 g/mol. The third-order valence-electron chi connectivity index (χ3n) is 2.21. The van der Waals surface area contributed by atoms with Crippen molar-refractivity contribution in [2.75, 3.05) is 19.8 Å². The standard InChI is InChI=1S/C14H23NO3/c1-14(2,15)11-18-10-13(16)9-17-8-12-6-4-3-5-7-12/h3-7,13,16H,8-11,15H2,1-2H3. The molecule has 0 aliphatic carbocycles. The van der Waals surface area contributed by atoms with Crippen LogP contribution < -0.4 is 5.73 Å². The first-order valence-electron chi connectivity index (χ1n) is 6.14. The van der Waals surface area contributed by atoms with E-state index in [-0.39, 0.29) is 18.8 Å². The van der Waals surface area contributed by atoms with Crippen LogP contribution in [-0.2, 0) is 16.1 Å². The minimum absolute atomic E-state index is 0.245. The average Bonchev–Trinajstić information content (AvgIpc) is 2.28. The first-order chi connectivity index (χ1) is 8.47. The van der Waals surface area contributed by atoms with Crippen LogP contribution in [0, 0.1) is 0 Å². The fourth-order valence-corrected chi connectivity index (χ4v) is 1.39. The second-order valence-corrected chi connectivity index (χ2v) is 5.16. The molecule has 0 aromatic heterocycles. The van der Waals surface area contributed by atoms with Gasteiger partial charge in [0.2, 0.25) is 0 Å². The average molecular weight is 253 g/mol. The van der Waals surface area contributed by atoms with E-state index in [1.54, 1.807) is 0 Å². The lowest BCUT2D eigenvalue weighted by molar-refractivity contribution is -0.0304. The number of nitrogens with two attached hydrogens (primary N) is 1. The molecule has 4 nitrogen and oxygen atoms in total. The third kappa shape index (κ3) is 7.40. The Morgan fingerprint density at radius 1 is 1.17 bits per heavy atom. The van der Waals surface area contributed by atoms with Gasteiger partial charge in [0.25, 0.3) is 0 Å². The summed E-state index contributed by atoms with van der Waals surface area (Å²) < 4.78 is 10.7. The quantitative estimate of drug-likeness (QED) is 0.733. The predicted octanol–water partition coefficient (Wildman–Crippen LogP) is 1.32. The van der Waals surface area contributed by atoms with Crippen molar-refractivity contribution in [3.05, 3.63) is 35.9 Å². The molecule has 0 saturated carbocycles. The van der Waals surface area contributed by atoms with Gasteiger partial charge in [-0.2, -0.15) is 0 Å². The van der Waals surface area contributed by atoms with Crippen molar-refractivity contribution in [2.24, 2.45) is 5.73 Å². The maximum Gasteiger partial charge on any atom is 0.101 e. The van der Waals surface area contributed by atoms with Crippen molar-refractivity contribution in [1.82, 2.24) is 0 Å². The van der Waals surface area contributed by atoms with E-state index in [4.69, 9.17) is 15.2 Å². The molecule has 1 rings (SSSR count). The van der Waals surface area contributed by atoms with E-state index < -0.39 is 6.10 Å². The highest BCUT2D eigenvalue weighted by Gasteiger charge is 2.12. The Hall–Kier alpha value is -0.940. The molecule has 0 spiro atoms. The molecule has 1 aromatic carbocycles. The van der Waals surface area contributed by atoms with Gasteiger partial charge in [-0.3, -0.25) is 0 Å². The maximum atomic E-state index is 9.63. The Kier molecular flexibility index (Phi) is 6.29. The molecule has 1 aromatic rings. The van der Waals surface area contributed by atoms with Crippen molar-refractivity contribution in [3.8, 4) is 0 Å². The highest BCUT2D eigenvalue weighted by atomic mass is 16.5. The van der Waals surface area contributed by atoms with E-state index in [1.807, 2.05) is 44.2 Å². The summed E-state index contributed by atoms with van der Waals surface area (Å²) in [4.78, 5) is 0. The van der Waals surface area contributed by atoms with Crippen molar-refractivity contribution >= 4 is 0 Å². The molecule has 3 N–H and O–H groups in total. The van der Waals surface area contributed by atoms with Gasteiger partial charge >= 0.3 is 0 Å². The van der Waals surface area contributed by atoms with Crippen molar-refractivity contribution in [1.29, 1.82) is 0 Å². The van der Waals surface area contributed by atoms with Gasteiger partial charge in [-0.25, -0.2) is 0 Å². The van der Waals surface area contributed by atoms with Gasteiger partial charge in [0, 0.05) is 5.54 Å². The van der Waals surface area contributed by atoms with Gasteiger partial charge < -0.3 is 20.3 Å². The van der Waals surface area contributed by atoms with Crippen LogP contribution in [0.5, 0.6) is 0 Å². The second-order valence-electron chi connectivity index (χ2n) is 5.16. The summed E-state index contributed by atoms with van der Waals surface area (Å²) >= 11 is 0. The van der Waals surface area contributed by atoms with Crippen LogP contribution in [0.25, 0.3) is 0 Å². The van der Waals surface area contributed by atoms with Gasteiger partial charge in [-0.05, 0) is 19.4 Å². The van der Waals surface area contributed by atoms with Crippen molar-refractivity contribution in [3.63, 3.8) is 0 Å². The molecular formula is C14H23NO3. The van der Waals surface area contributed by atoms with Crippen LogP contribution in [0.2, 0.25) is 0 Å². The molecule has 0 heterocycles. The Labute approximate surface area is 109 Å². The van der Waals surface area contributed by atoms with E-state index in [0.717, 1.165) is 5.56 Å². The Morgan fingerprint density at radius 2 is 1.78 bits per heavy atom. The Morgan fingerprint density at radius 3 is 2.39 bits per heavy atom. The minimum Gasteiger partial charge on any atom is -0.388 e. The predicted molar refractivity (Wildman–Crippen MR) is 71.2 cm³/mol. The van der Waals surface area contributed by atoms with Gasteiger partial charge in [-0.15, -0.1) is 0 Å². The first-order valence-corrected chi connectivity index (χ1v) is 6.14. The molecule has 18 heavy (non-hydrogen) atoms. The van der Waals surface area contributed by atoms with Gasteiger partial charge in [0.15, 0.2) is 0 Å². The van der Waals surface area contributed by atoms with Crippen LogP contribution in [0.4, 0.5) is 0 Å². The molecule has 0 fully saturated rings. The van der Waals surface area contributed by atoms with Gasteiger partial charge in [-0.1, -0.05) is 30.3 Å². The normalized spacial score (nSPS) is 13.6. The smallest absolute Gasteiger partial charge is 0.101 e. The van der Waals surface area contributed by atoms with Gasteiger partial charge in [0.1, 0.15) is 6.10 Å². The monoisotopic (exact) mass is 253 g/mol. The van der Waals surface area contributed by atoms with E-state index in [9.17, 15) is 5.11 Å². The molecule has 0 aliphatic rings. The largest absolute Gasteiger partial charge is 0.388 e. The van der Waals surface area contributed by atoms with E-state index in [1.165, 1.54) is 0 Å². The molecule has 102 valence electrons. The fourth-order valence-electron chi connectivity index (χ4n) is 1.39. The van der Waals surface area contributed by atoms with E-state index in [0.29, 0.717) is 13.2 Å². The molecule has 0 saturated heterocycles. The van der Waals surface area contributed by atoms with Crippen LogP contribution in [0.1, 0.15) is 19.4 Å². The third-order valence-corrected chi connectivity index (χ3v) is 2.21. The zero-order valence-corrected chi connectivity index (χ0v) is 11.1. The lowest BCUT2D eigenvalue weighted by atomic mass is 10.1. The number of benzene rings is 1. The molecule has 0 radical (unpaired) electrons. The van der Waals surface area contributed by atoms with E-state index in [2.05, 4.69) is 0 Å². The number of hydrogen-bond acceptors (Lipinski definition) is 4.